The second-order valence-electron chi connectivity index (χ2n) is 5.59. The van der Waals surface area contributed by atoms with Crippen molar-refractivity contribution in [3.8, 4) is 0 Å². The van der Waals surface area contributed by atoms with E-state index in [0.29, 0.717) is 5.02 Å². The van der Waals surface area contributed by atoms with E-state index in [-0.39, 0.29) is 17.4 Å². The van der Waals surface area contributed by atoms with Crippen molar-refractivity contribution < 1.29 is 4.79 Å². The van der Waals surface area contributed by atoms with E-state index in [1.807, 2.05) is 38.1 Å². The molecule has 0 bridgehead atoms. The Morgan fingerprint density at radius 2 is 2.32 bits per heavy atom. The maximum atomic E-state index is 12.4. The van der Waals surface area contributed by atoms with Gasteiger partial charge in [0.05, 0.1) is 11.5 Å². The van der Waals surface area contributed by atoms with E-state index in [4.69, 9.17) is 11.6 Å². The number of hydrogen-bond donors (Lipinski definition) is 2. The molecule has 0 saturated carbocycles. The summed E-state index contributed by atoms with van der Waals surface area (Å²) in [6.45, 7) is 5.77. The lowest BCUT2D eigenvalue weighted by atomic mass is 9.81. The minimum Gasteiger partial charge on any atom is -0.349 e. The number of carbonyl (C=O) groups is 1. The van der Waals surface area contributed by atoms with Crippen molar-refractivity contribution in [1.82, 2.24) is 10.6 Å². The molecule has 1 amide bonds. The third-order valence-electron chi connectivity index (χ3n) is 3.84. The zero-order valence-corrected chi connectivity index (χ0v) is 12.3. The molecule has 104 valence electrons. The van der Waals surface area contributed by atoms with Gasteiger partial charge in [0.25, 0.3) is 0 Å². The predicted molar refractivity (Wildman–Crippen MR) is 78.2 cm³/mol. The van der Waals surface area contributed by atoms with Crippen LogP contribution >= 0.6 is 11.6 Å². The van der Waals surface area contributed by atoms with Crippen LogP contribution in [0, 0.1) is 5.41 Å². The van der Waals surface area contributed by atoms with Crippen molar-refractivity contribution in [2.45, 2.75) is 32.7 Å². The van der Waals surface area contributed by atoms with Crippen LogP contribution in [0.25, 0.3) is 0 Å². The van der Waals surface area contributed by atoms with Gasteiger partial charge in [-0.05, 0) is 50.9 Å². The third kappa shape index (κ3) is 3.48. The molecule has 1 fully saturated rings. The highest BCUT2D eigenvalue weighted by atomic mass is 35.5. The highest BCUT2D eigenvalue weighted by molar-refractivity contribution is 6.30. The maximum absolute atomic E-state index is 12.4. The molecule has 2 atom stereocenters. The SMILES string of the molecule is C[C@@H](NC(=O)C1(C)CCCNC1)c1cccc(Cl)c1. The number of rotatable bonds is 3. The first kappa shape index (κ1) is 14.4. The first-order valence-electron chi connectivity index (χ1n) is 6.78. The fraction of sp³-hybridized carbons (Fsp3) is 0.533. The predicted octanol–water partition coefficient (Wildman–Crippen LogP) is 2.91. The van der Waals surface area contributed by atoms with Gasteiger partial charge in [-0.2, -0.15) is 0 Å². The molecule has 0 aliphatic carbocycles. The summed E-state index contributed by atoms with van der Waals surface area (Å²) in [5, 5.41) is 7.09. The van der Waals surface area contributed by atoms with Gasteiger partial charge in [0.1, 0.15) is 0 Å². The fourth-order valence-corrected chi connectivity index (χ4v) is 2.68. The molecular formula is C15H21ClN2O. The van der Waals surface area contributed by atoms with E-state index < -0.39 is 0 Å². The molecule has 4 heteroatoms. The van der Waals surface area contributed by atoms with Gasteiger partial charge in [-0.3, -0.25) is 4.79 Å². The van der Waals surface area contributed by atoms with Crippen molar-refractivity contribution in [2.75, 3.05) is 13.1 Å². The van der Waals surface area contributed by atoms with E-state index in [1.54, 1.807) is 0 Å². The average molecular weight is 281 g/mol. The number of benzene rings is 1. The molecule has 1 aromatic rings. The van der Waals surface area contributed by atoms with E-state index in [2.05, 4.69) is 10.6 Å². The summed E-state index contributed by atoms with van der Waals surface area (Å²) in [5.41, 5.74) is 0.735. The average Bonchev–Trinajstić information content (AvgIpc) is 2.39. The lowest BCUT2D eigenvalue weighted by Gasteiger charge is -2.33. The molecule has 3 nitrogen and oxygen atoms in total. The number of hydrogen-bond acceptors (Lipinski definition) is 2. The van der Waals surface area contributed by atoms with Crippen LogP contribution < -0.4 is 10.6 Å². The summed E-state index contributed by atoms with van der Waals surface area (Å²) in [6.07, 6.45) is 1.99. The quantitative estimate of drug-likeness (QED) is 0.894. The lowest BCUT2D eigenvalue weighted by molar-refractivity contribution is -0.131. The van der Waals surface area contributed by atoms with Gasteiger partial charge in [0.2, 0.25) is 5.91 Å². The summed E-state index contributed by atoms with van der Waals surface area (Å²) >= 11 is 5.98. The van der Waals surface area contributed by atoms with Crippen LogP contribution in [-0.2, 0) is 4.79 Å². The Labute approximate surface area is 119 Å². The molecule has 1 saturated heterocycles. The topological polar surface area (TPSA) is 41.1 Å². The molecule has 2 rings (SSSR count). The van der Waals surface area contributed by atoms with Crippen LogP contribution in [0.1, 0.15) is 38.3 Å². The van der Waals surface area contributed by atoms with Gasteiger partial charge in [0, 0.05) is 11.6 Å². The summed E-state index contributed by atoms with van der Waals surface area (Å²) < 4.78 is 0. The van der Waals surface area contributed by atoms with Crippen molar-refractivity contribution >= 4 is 17.5 Å². The molecule has 1 aromatic carbocycles. The van der Waals surface area contributed by atoms with Crippen LogP contribution in [0.2, 0.25) is 5.02 Å². The molecule has 1 aliphatic heterocycles. The van der Waals surface area contributed by atoms with Gasteiger partial charge >= 0.3 is 0 Å². The number of nitrogens with one attached hydrogen (secondary N) is 2. The Kier molecular flexibility index (Phi) is 4.48. The zero-order chi connectivity index (χ0) is 13.9. The summed E-state index contributed by atoms with van der Waals surface area (Å²) in [6, 6.07) is 7.60. The normalized spacial score (nSPS) is 24.8. The van der Waals surface area contributed by atoms with Crippen molar-refractivity contribution in [1.29, 1.82) is 0 Å². The summed E-state index contributed by atoms with van der Waals surface area (Å²) in [4.78, 5) is 12.4. The van der Waals surface area contributed by atoms with Gasteiger partial charge in [0.15, 0.2) is 0 Å². The van der Waals surface area contributed by atoms with Crippen LogP contribution in [-0.4, -0.2) is 19.0 Å². The molecule has 0 spiro atoms. The molecule has 2 N–H and O–H groups in total. The molecule has 1 heterocycles. The standard InChI is InChI=1S/C15H21ClN2O/c1-11(12-5-3-6-13(16)9-12)18-14(19)15(2)7-4-8-17-10-15/h3,5-6,9,11,17H,4,7-8,10H2,1-2H3,(H,18,19)/t11-,15?/m1/s1. The summed E-state index contributed by atoms with van der Waals surface area (Å²) in [7, 11) is 0. The van der Waals surface area contributed by atoms with E-state index in [9.17, 15) is 4.79 Å². The number of amides is 1. The second kappa shape index (κ2) is 5.93. The molecule has 1 unspecified atom stereocenters. The minimum atomic E-state index is -0.301. The number of carbonyl (C=O) groups excluding carboxylic acids is 1. The van der Waals surface area contributed by atoms with Gasteiger partial charge in [-0.25, -0.2) is 0 Å². The highest BCUT2D eigenvalue weighted by Crippen LogP contribution is 2.27. The molecule has 0 aromatic heterocycles. The lowest BCUT2D eigenvalue weighted by Crippen LogP contribution is -2.49. The van der Waals surface area contributed by atoms with Gasteiger partial charge < -0.3 is 10.6 Å². The zero-order valence-electron chi connectivity index (χ0n) is 11.5. The fourth-order valence-electron chi connectivity index (χ4n) is 2.48. The van der Waals surface area contributed by atoms with Crippen molar-refractivity contribution in [3.05, 3.63) is 34.9 Å². The van der Waals surface area contributed by atoms with E-state index in [1.165, 1.54) is 0 Å². The maximum Gasteiger partial charge on any atom is 0.227 e. The van der Waals surface area contributed by atoms with Crippen molar-refractivity contribution in [2.24, 2.45) is 5.41 Å². The minimum absolute atomic E-state index is 0.0232. The Morgan fingerprint density at radius 3 is 2.95 bits per heavy atom. The number of piperidine rings is 1. The van der Waals surface area contributed by atoms with E-state index >= 15 is 0 Å². The number of halogens is 1. The monoisotopic (exact) mass is 280 g/mol. The Morgan fingerprint density at radius 1 is 1.53 bits per heavy atom. The highest BCUT2D eigenvalue weighted by Gasteiger charge is 2.35. The van der Waals surface area contributed by atoms with Crippen LogP contribution in [0.15, 0.2) is 24.3 Å². The van der Waals surface area contributed by atoms with Crippen LogP contribution in [0.4, 0.5) is 0 Å². The molecule has 0 radical (unpaired) electrons. The third-order valence-corrected chi connectivity index (χ3v) is 4.08. The van der Waals surface area contributed by atoms with E-state index in [0.717, 1.165) is 31.5 Å². The Balaban J connectivity index is 2.02. The second-order valence-corrected chi connectivity index (χ2v) is 6.03. The molecular weight excluding hydrogens is 260 g/mol. The molecule has 1 aliphatic rings. The summed E-state index contributed by atoms with van der Waals surface area (Å²) in [5.74, 6) is 0.118. The largest absolute Gasteiger partial charge is 0.349 e. The van der Waals surface area contributed by atoms with Crippen LogP contribution in [0.3, 0.4) is 0 Å². The van der Waals surface area contributed by atoms with Gasteiger partial charge in [-0.1, -0.05) is 23.7 Å². The van der Waals surface area contributed by atoms with Gasteiger partial charge in [-0.15, -0.1) is 0 Å². The first-order chi connectivity index (χ1) is 9.01. The Bertz CT molecular complexity index is 455. The Hall–Kier alpha value is -1.06. The van der Waals surface area contributed by atoms with Crippen LogP contribution in [0.5, 0.6) is 0 Å². The smallest absolute Gasteiger partial charge is 0.227 e. The molecule has 19 heavy (non-hydrogen) atoms. The first-order valence-corrected chi connectivity index (χ1v) is 7.16. The van der Waals surface area contributed by atoms with Crippen molar-refractivity contribution in [3.63, 3.8) is 0 Å².